The zero-order chi connectivity index (χ0) is 13.2. The fraction of sp³-hybridized carbons (Fsp3) is 0.429. The van der Waals surface area contributed by atoms with E-state index in [0.29, 0.717) is 6.54 Å². The molecule has 0 saturated heterocycles. The Labute approximate surface area is 117 Å². The van der Waals surface area contributed by atoms with Gasteiger partial charge in [-0.1, -0.05) is 30.0 Å². The van der Waals surface area contributed by atoms with E-state index >= 15 is 0 Å². The number of aromatic nitrogens is 3. The van der Waals surface area contributed by atoms with E-state index in [1.807, 2.05) is 11.6 Å². The van der Waals surface area contributed by atoms with Crippen LogP contribution < -0.4 is 5.73 Å². The average Bonchev–Trinajstić information content (AvgIpc) is 3.02. The molecule has 0 radical (unpaired) electrons. The van der Waals surface area contributed by atoms with Gasteiger partial charge >= 0.3 is 0 Å². The van der Waals surface area contributed by atoms with Crippen molar-refractivity contribution in [3.05, 3.63) is 40.7 Å². The van der Waals surface area contributed by atoms with Crippen LogP contribution in [0.25, 0.3) is 0 Å². The van der Waals surface area contributed by atoms with Gasteiger partial charge in [0, 0.05) is 12.8 Å². The van der Waals surface area contributed by atoms with Crippen molar-refractivity contribution in [2.75, 3.05) is 0 Å². The standard InChI is InChI=1S/C14H18N4S/c1-18-13(8-15)16-17-14(18)19-9-10-5-6-11-3-2-4-12(11)7-10/h5-7H,2-4,8-9,15H2,1H3. The number of rotatable bonds is 4. The normalized spacial score (nSPS) is 13.8. The first-order valence-corrected chi connectivity index (χ1v) is 7.58. The number of nitrogens with two attached hydrogens (primary N) is 1. The van der Waals surface area contributed by atoms with E-state index in [0.717, 1.165) is 16.7 Å². The second-order valence-electron chi connectivity index (χ2n) is 4.91. The van der Waals surface area contributed by atoms with Gasteiger partial charge in [0.15, 0.2) is 5.16 Å². The van der Waals surface area contributed by atoms with E-state index in [2.05, 4.69) is 28.4 Å². The molecule has 100 valence electrons. The summed E-state index contributed by atoms with van der Waals surface area (Å²) in [6.45, 7) is 0.433. The van der Waals surface area contributed by atoms with E-state index in [4.69, 9.17) is 5.73 Å². The predicted molar refractivity (Wildman–Crippen MR) is 76.9 cm³/mol. The van der Waals surface area contributed by atoms with Crippen molar-refractivity contribution in [2.45, 2.75) is 36.7 Å². The molecular weight excluding hydrogens is 256 g/mol. The van der Waals surface area contributed by atoms with Crippen LogP contribution in [0, 0.1) is 0 Å². The minimum atomic E-state index is 0.433. The minimum Gasteiger partial charge on any atom is -0.324 e. The van der Waals surface area contributed by atoms with E-state index in [9.17, 15) is 0 Å². The van der Waals surface area contributed by atoms with Crippen LogP contribution in [0.4, 0.5) is 0 Å². The van der Waals surface area contributed by atoms with Crippen molar-refractivity contribution < 1.29 is 0 Å². The fourth-order valence-electron chi connectivity index (χ4n) is 2.51. The Balaban J connectivity index is 1.70. The number of aryl methyl sites for hydroxylation is 2. The zero-order valence-electron chi connectivity index (χ0n) is 11.1. The second kappa shape index (κ2) is 5.35. The summed E-state index contributed by atoms with van der Waals surface area (Å²) >= 11 is 1.72. The van der Waals surface area contributed by atoms with Crippen molar-refractivity contribution >= 4 is 11.8 Å². The highest BCUT2D eigenvalue weighted by Crippen LogP contribution is 2.26. The molecule has 1 aromatic heterocycles. The largest absolute Gasteiger partial charge is 0.324 e. The molecule has 1 aliphatic rings. The third-order valence-electron chi connectivity index (χ3n) is 3.64. The van der Waals surface area contributed by atoms with Crippen LogP contribution in [0.1, 0.15) is 28.9 Å². The Morgan fingerprint density at radius 1 is 1.26 bits per heavy atom. The minimum absolute atomic E-state index is 0.433. The molecule has 2 N–H and O–H groups in total. The predicted octanol–water partition coefficient (Wildman–Crippen LogP) is 2.05. The summed E-state index contributed by atoms with van der Waals surface area (Å²) < 4.78 is 1.97. The monoisotopic (exact) mass is 274 g/mol. The SMILES string of the molecule is Cn1c(CN)nnc1SCc1ccc2c(c1)CCC2. The molecule has 1 aliphatic carbocycles. The topological polar surface area (TPSA) is 56.7 Å². The van der Waals surface area contributed by atoms with Crippen molar-refractivity contribution in [3.8, 4) is 0 Å². The van der Waals surface area contributed by atoms with Crippen LogP contribution in [0.5, 0.6) is 0 Å². The van der Waals surface area contributed by atoms with Gasteiger partial charge in [-0.3, -0.25) is 0 Å². The van der Waals surface area contributed by atoms with Gasteiger partial charge in [-0.2, -0.15) is 0 Å². The highest BCUT2D eigenvalue weighted by Gasteiger charge is 2.12. The smallest absolute Gasteiger partial charge is 0.191 e. The number of benzene rings is 1. The Morgan fingerprint density at radius 2 is 2.11 bits per heavy atom. The summed E-state index contributed by atoms with van der Waals surface area (Å²) in [6.07, 6.45) is 3.77. The summed E-state index contributed by atoms with van der Waals surface area (Å²) in [6, 6.07) is 6.85. The Bertz CT molecular complexity index is 591. The van der Waals surface area contributed by atoms with Crippen LogP contribution in [-0.2, 0) is 32.2 Å². The zero-order valence-corrected chi connectivity index (χ0v) is 11.9. The molecule has 0 unspecified atom stereocenters. The van der Waals surface area contributed by atoms with Crippen LogP contribution in [0.2, 0.25) is 0 Å². The molecule has 3 rings (SSSR count). The molecule has 0 amide bonds. The first kappa shape index (κ1) is 12.7. The molecule has 0 spiro atoms. The molecule has 0 saturated carbocycles. The van der Waals surface area contributed by atoms with E-state index in [-0.39, 0.29) is 0 Å². The molecule has 4 nitrogen and oxygen atoms in total. The average molecular weight is 274 g/mol. The molecule has 19 heavy (non-hydrogen) atoms. The van der Waals surface area contributed by atoms with Gasteiger partial charge in [0.05, 0.1) is 6.54 Å². The maximum atomic E-state index is 5.60. The highest BCUT2D eigenvalue weighted by molar-refractivity contribution is 7.98. The summed E-state index contributed by atoms with van der Waals surface area (Å²) in [5, 5.41) is 9.17. The quantitative estimate of drug-likeness (QED) is 0.867. The highest BCUT2D eigenvalue weighted by atomic mass is 32.2. The maximum Gasteiger partial charge on any atom is 0.191 e. The van der Waals surface area contributed by atoms with Gasteiger partial charge in [-0.25, -0.2) is 0 Å². The second-order valence-corrected chi connectivity index (χ2v) is 5.85. The van der Waals surface area contributed by atoms with E-state index in [1.54, 1.807) is 11.8 Å². The lowest BCUT2D eigenvalue weighted by Gasteiger charge is -2.05. The molecule has 0 fully saturated rings. The number of nitrogens with zero attached hydrogens (tertiary/aromatic N) is 3. The Kier molecular flexibility index (Phi) is 3.57. The molecule has 0 atom stereocenters. The first-order valence-electron chi connectivity index (χ1n) is 6.59. The van der Waals surface area contributed by atoms with Crippen LogP contribution in [0.3, 0.4) is 0 Å². The van der Waals surface area contributed by atoms with Crippen molar-refractivity contribution in [1.29, 1.82) is 0 Å². The van der Waals surface area contributed by atoms with Gasteiger partial charge in [-0.15, -0.1) is 10.2 Å². The molecule has 0 aliphatic heterocycles. The number of fused-ring (bicyclic) bond motifs is 1. The van der Waals surface area contributed by atoms with Crippen LogP contribution >= 0.6 is 11.8 Å². The molecule has 2 aromatic rings. The van der Waals surface area contributed by atoms with Gasteiger partial charge < -0.3 is 10.3 Å². The third kappa shape index (κ3) is 2.53. The Morgan fingerprint density at radius 3 is 2.89 bits per heavy atom. The molecule has 0 bridgehead atoms. The molecule has 1 aromatic carbocycles. The Hall–Kier alpha value is -1.33. The lowest BCUT2D eigenvalue weighted by atomic mass is 10.1. The maximum absolute atomic E-state index is 5.60. The van der Waals surface area contributed by atoms with Crippen molar-refractivity contribution in [2.24, 2.45) is 12.8 Å². The van der Waals surface area contributed by atoms with Crippen LogP contribution in [-0.4, -0.2) is 14.8 Å². The third-order valence-corrected chi connectivity index (χ3v) is 4.73. The summed E-state index contributed by atoms with van der Waals surface area (Å²) in [4.78, 5) is 0. The molecular formula is C14H18N4S. The van der Waals surface area contributed by atoms with Gasteiger partial charge in [0.25, 0.3) is 0 Å². The fourth-order valence-corrected chi connectivity index (χ4v) is 3.38. The van der Waals surface area contributed by atoms with Gasteiger partial charge in [-0.05, 0) is 36.0 Å². The lowest BCUT2D eigenvalue weighted by molar-refractivity contribution is 0.734. The molecule has 1 heterocycles. The van der Waals surface area contributed by atoms with Crippen LogP contribution in [0.15, 0.2) is 23.4 Å². The van der Waals surface area contributed by atoms with Gasteiger partial charge in [0.1, 0.15) is 5.82 Å². The van der Waals surface area contributed by atoms with Gasteiger partial charge in [0.2, 0.25) is 0 Å². The van der Waals surface area contributed by atoms with Crippen molar-refractivity contribution in [1.82, 2.24) is 14.8 Å². The lowest BCUT2D eigenvalue weighted by Crippen LogP contribution is -2.05. The summed E-state index contributed by atoms with van der Waals surface area (Å²) in [5.74, 6) is 1.76. The summed E-state index contributed by atoms with van der Waals surface area (Å²) in [5.41, 5.74) is 10.0. The van der Waals surface area contributed by atoms with E-state index < -0.39 is 0 Å². The number of thioether (sulfide) groups is 1. The molecule has 5 heteroatoms. The van der Waals surface area contributed by atoms with Crippen molar-refractivity contribution in [3.63, 3.8) is 0 Å². The first-order chi connectivity index (χ1) is 9.28. The van der Waals surface area contributed by atoms with E-state index in [1.165, 1.54) is 36.0 Å². The number of hydrogen-bond donors (Lipinski definition) is 1. The number of hydrogen-bond acceptors (Lipinski definition) is 4. The summed E-state index contributed by atoms with van der Waals surface area (Å²) in [7, 11) is 1.97.